The van der Waals surface area contributed by atoms with Gasteiger partial charge in [0.15, 0.2) is 0 Å². The van der Waals surface area contributed by atoms with Gasteiger partial charge in [-0.3, -0.25) is 14.4 Å². The lowest BCUT2D eigenvalue weighted by atomic mass is 9.83. The molecule has 2 aliphatic rings. The van der Waals surface area contributed by atoms with Crippen LogP contribution in [0.2, 0.25) is 5.02 Å². The number of nitrogens with zero attached hydrogens (tertiary/aromatic N) is 1. The van der Waals surface area contributed by atoms with E-state index in [1.165, 1.54) is 0 Å². The Hall–Kier alpha value is -2.92. The van der Waals surface area contributed by atoms with Gasteiger partial charge in [-0.15, -0.1) is 0 Å². The summed E-state index contributed by atoms with van der Waals surface area (Å²) in [5.41, 5.74) is 1.04. The first-order valence-corrected chi connectivity index (χ1v) is 14.8. The number of fused-ring (bicyclic) bond motifs is 1. The zero-order valence-corrected chi connectivity index (χ0v) is 25.7. The number of benzene rings is 2. The molecule has 2 N–H and O–H groups in total. The number of amides is 2. The molecule has 2 aromatic carbocycles. The Kier molecular flexibility index (Phi) is 9.72. The van der Waals surface area contributed by atoms with Gasteiger partial charge in [-0.2, -0.15) is 13.2 Å². The summed E-state index contributed by atoms with van der Waals surface area (Å²) in [5, 5.41) is 5.80. The summed E-state index contributed by atoms with van der Waals surface area (Å²) in [5.74, 6) is -4.68. The molecular formula is C30H32BrClF3N3O4. The standard InChI is InChI=1S/C30H32BrClF3N3O4/c1-29(2,3)42-28(41)21(15-16-7-8-16)19(13-14-30(33,34)35)26(39)38-25-27(40)37-24-20(5-4-6-22(24)31)23(36-25)17-9-11-18(32)12-10-17/h4-6,9-12,16,19,21,25H,7-8,13-15H2,1-3H3,(H,37,40)(H,38,39)/t19-,21+,25?/m1/s1. The van der Waals surface area contributed by atoms with Crippen LogP contribution in [0.25, 0.3) is 0 Å². The molecule has 42 heavy (non-hydrogen) atoms. The number of para-hydroxylation sites is 1. The van der Waals surface area contributed by atoms with E-state index in [4.69, 9.17) is 16.3 Å². The molecule has 12 heteroatoms. The van der Waals surface area contributed by atoms with Crippen LogP contribution in [-0.4, -0.2) is 41.4 Å². The Bertz CT molecular complexity index is 1370. The highest BCUT2D eigenvalue weighted by molar-refractivity contribution is 9.10. The largest absolute Gasteiger partial charge is 0.460 e. The van der Waals surface area contributed by atoms with E-state index in [-0.39, 0.29) is 12.3 Å². The fourth-order valence-electron chi connectivity index (χ4n) is 4.82. The molecule has 0 saturated heterocycles. The molecule has 2 amide bonds. The minimum absolute atomic E-state index is 0.117. The molecular weight excluding hydrogens is 639 g/mol. The van der Waals surface area contributed by atoms with E-state index in [2.05, 4.69) is 31.6 Å². The van der Waals surface area contributed by atoms with Crippen LogP contribution in [0.15, 0.2) is 51.9 Å². The molecule has 0 aromatic heterocycles. The van der Waals surface area contributed by atoms with Gasteiger partial charge in [0, 0.05) is 27.0 Å². The second kappa shape index (κ2) is 12.8. The highest BCUT2D eigenvalue weighted by Gasteiger charge is 2.43. The maximum atomic E-state index is 13.8. The normalized spacial score (nSPS) is 18.6. The molecule has 0 spiro atoms. The first-order valence-electron chi connectivity index (χ1n) is 13.6. The lowest BCUT2D eigenvalue weighted by Gasteiger charge is -2.29. The predicted octanol–water partition coefficient (Wildman–Crippen LogP) is 7.05. The van der Waals surface area contributed by atoms with Crippen LogP contribution in [0, 0.1) is 17.8 Å². The van der Waals surface area contributed by atoms with E-state index >= 15 is 0 Å². The van der Waals surface area contributed by atoms with E-state index in [0.717, 1.165) is 12.8 Å². The summed E-state index contributed by atoms with van der Waals surface area (Å²) < 4.78 is 46.2. The molecule has 1 fully saturated rings. The second-order valence-electron chi connectivity index (χ2n) is 11.6. The van der Waals surface area contributed by atoms with Crippen molar-refractivity contribution >= 4 is 56.7 Å². The van der Waals surface area contributed by atoms with E-state index in [9.17, 15) is 27.6 Å². The number of halogens is 5. The van der Waals surface area contributed by atoms with Gasteiger partial charge in [0.25, 0.3) is 5.91 Å². The molecule has 7 nitrogen and oxygen atoms in total. The van der Waals surface area contributed by atoms with Crippen LogP contribution >= 0.6 is 27.5 Å². The average molecular weight is 671 g/mol. The summed E-state index contributed by atoms with van der Waals surface area (Å²) in [6, 6.07) is 12.0. The SMILES string of the molecule is CC(C)(C)OC(=O)[C@@H](CC1CC1)[C@@H](CCC(F)(F)F)C(=O)NC1N=C(c2ccc(Cl)cc2)c2cccc(Br)c2NC1=O. The third-order valence-electron chi connectivity index (χ3n) is 6.98. The van der Waals surface area contributed by atoms with Crippen molar-refractivity contribution in [3.63, 3.8) is 0 Å². The topological polar surface area (TPSA) is 96.9 Å². The number of hydrogen-bond acceptors (Lipinski definition) is 5. The Labute approximate surface area is 255 Å². The van der Waals surface area contributed by atoms with Crippen molar-refractivity contribution in [3.8, 4) is 0 Å². The number of aliphatic imine (C=N–C) groups is 1. The molecule has 3 atom stereocenters. The highest BCUT2D eigenvalue weighted by atomic mass is 79.9. The van der Waals surface area contributed by atoms with Crippen molar-refractivity contribution in [2.24, 2.45) is 22.7 Å². The Morgan fingerprint density at radius 1 is 1.12 bits per heavy atom. The summed E-state index contributed by atoms with van der Waals surface area (Å²) in [7, 11) is 0. The van der Waals surface area contributed by atoms with E-state index < -0.39 is 60.4 Å². The second-order valence-corrected chi connectivity index (χ2v) is 12.9. The predicted molar refractivity (Wildman–Crippen MR) is 157 cm³/mol. The van der Waals surface area contributed by atoms with Crippen LogP contribution in [0.3, 0.4) is 0 Å². The van der Waals surface area contributed by atoms with Crippen molar-refractivity contribution in [2.75, 3.05) is 5.32 Å². The van der Waals surface area contributed by atoms with Gasteiger partial charge in [-0.25, -0.2) is 4.99 Å². The van der Waals surface area contributed by atoms with Crippen LogP contribution < -0.4 is 10.6 Å². The minimum atomic E-state index is -4.55. The van der Waals surface area contributed by atoms with Gasteiger partial charge in [0.1, 0.15) is 5.60 Å². The van der Waals surface area contributed by atoms with Gasteiger partial charge < -0.3 is 15.4 Å². The van der Waals surface area contributed by atoms with Crippen LogP contribution in [0.4, 0.5) is 18.9 Å². The number of carbonyl (C=O) groups is 3. The molecule has 4 rings (SSSR count). The fraction of sp³-hybridized carbons (Fsp3) is 0.467. The van der Waals surface area contributed by atoms with Crippen molar-refractivity contribution < 1.29 is 32.3 Å². The number of rotatable bonds is 9. The number of anilines is 1. The van der Waals surface area contributed by atoms with E-state index in [0.29, 0.717) is 32.0 Å². The Morgan fingerprint density at radius 3 is 2.38 bits per heavy atom. The van der Waals surface area contributed by atoms with E-state index in [1.54, 1.807) is 63.2 Å². The van der Waals surface area contributed by atoms with Crippen molar-refractivity contribution in [2.45, 2.75) is 70.8 Å². The smallest absolute Gasteiger partial charge is 0.389 e. The van der Waals surface area contributed by atoms with Crippen LogP contribution in [0.1, 0.15) is 64.0 Å². The molecule has 1 aliphatic heterocycles. The number of esters is 1. The number of benzodiazepines with no additional fused rings is 1. The van der Waals surface area contributed by atoms with Gasteiger partial charge in [0.2, 0.25) is 12.1 Å². The lowest BCUT2D eigenvalue weighted by molar-refractivity contribution is -0.167. The maximum Gasteiger partial charge on any atom is 0.389 e. The van der Waals surface area contributed by atoms with Crippen LogP contribution in [0.5, 0.6) is 0 Å². The summed E-state index contributed by atoms with van der Waals surface area (Å²) in [6.07, 6.45) is -6.09. The molecule has 0 radical (unpaired) electrons. The third-order valence-corrected chi connectivity index (χ3v) is 7.89. The number of hydrogen-bond donors (Lipinski definition) is 2. The maximum absolute atomic E-state index is 13.8. The monoisotopic (exact) mass is 669 g/mol. The van der Waals surface area contributed by atoms with Gasteiger partial charge in [-0.05, 0) is 73.7 Å². The fourth-order valence-corrected chi connectivity index (χ4v) is 5.42. The van der Waals surface area contributed by atoms with Gasteiger partial charge in [-0.1, -0.05) is 48.7 Å². The zero-order valence-electron chi connectivity index (χ0n) is 23.4. The number of ether oxygens (including phenoxy) is 1. The molecule has 1 unspecified atom stereocenters. The Balaban J connectivity index is 1.70. The molecule has 1 aliphatic carbocycles. The van der Waals surface area contributed by atoms with Crippen molar-refractivity contribution in [1.29, 1.82) is 0 Å². The average Bonchev–Trinajstić information content (AvgIpc) is 3.71. The third kappa shape index (κ3) is 8.56. The highest BCUT2D eigenvalue weighted by Crippen LogP contribution is 2.40. The summed E-state index contributed by atoms with van der Waals surface area (Å²) in [4.78, 5) is 45.0. The van der Waals surface area contributed by atoms with Gasteiger partial charge in [0.05, 0.1) is 23.2 Å². The van der Waals surface area contributed by atoms with Crippen molar-refractivity contribution in [1.82, 2.24) is 5.32 Å². The summed E-state index contributed by atoms with van der Waals surface area (Å²) >= 11 is 9.51. The number of nitrogens with one attached hydrogen (secondary N) is 2. The minimum Gasteiger partial charge on any atom is -0.460 e. The van der Waals surface area contributed by atoms with Gasteiger partial charge >= 0.3 is 12.1 Å². The van der Waals surface area contributed by atoms with Crippen LogP contribution in [-0.2, 0) is 19.1 Å². The van der Waals surface area contributed by atoms with E-state index in [1.807, 2.05) is 0 Å². The Morgan fingerprint density at radius 2 is 1.79 bits per heavy atom. The summed E-state index contributed by atoms with van der Waals surface area (Å²) in [6.45, 7) is 4.97. The molecule has 2 aromatic rings. The molecule has 1 heterocycles. The molecule has 0 bridgehead atoms. The number of alkyl halides is 3. The first-order chi connectivity index (χ1) is 19.6. The first kappa shape index (κ1) is 32.0. The zero-order chi connectivity index (χ0) is 30.8. The van der Waals surface area contributed by atoms with Crippen molar-refractivity contribution in [3.05, 3.63) is 63.1 Å². The quantitative estimate of drug-likeness (QED) is 0.280. The molecule has 226 valence electrons. The molecule has 1 saturated carbocycles. The number of carbonyl (C=O) groups excluding carboxylic acids is 3. The lowest BCUT2D eigenvalue weighted by Crippen LogP contribution is -2.48.